The van der Waals surface area contributed by atoms with E-state index in [-0.39, 0.29) is 11.2 Å². The summed E-state index contributed by atoms with van der Waals surface area (Å²) in [5, 5.41) is -0.239. The Hall–Kier alpha value is -0.760. The second kappa shape index (κ2) is 6.56. The van der Waals surface area contributed by atoms with Gasteiger partial charge in [0.05, 0.1) is 12.5 Å². The predicted molar refractivity (Wildman–Crippen MR) is 86.4 cm³/mol. The van der Waals surface area contributed by atoms with Gasteiger partial charge in [0, 0.05) is 11.6 Å². The van der Waals surface area contributed by atoms with Crippen molar-refractivity contribution in [2.75, 3.05) is 7.11 Å². The number of hydrogen-bond acceptors (Lipinski definition) is 1. The molecule has 0 bridgehead atoms. The molecule has 1 aliphatic rings. The van der Waals surface area contributed by atoms with Crippen LogP contribution in [0.4, 0.5) is 4.39 Å². The first kappa shape index (κ1) is 16.6. The van der Waals surface area contributed by atoms with Crippen LogP contribution in [-0.4, -0.2) is 7.11 Å². The van der Waals surface area contributed by atoms with Crippen molar-refractivity contribution < 1.29 is 9.13 Å². The van der Waals surface area contributed by atoms with Gasteiger partial charge in [0.2, 0.25) is 0 Å². The van der Waals surface area contributed by atoms with Gasteiger partial charge in [0.15, 0.2) is 0 Å². The molecule has 1 aromatic rings. The summed E-state index contributed by atoms with van der Waals surface area (Å²) in [7, 11) is 1.54. The fourth-order valence-electron chi connectivity index (χ4n) is 3.39. The van der Waals surface area contributed by atoms with Gasteiger partial charge in [-0.25, -0.2) is 4.39 Å². The van der Waals surface area contributed by atoms with Crippen LogP contribution in [0, 0.1) is 23.1 Å². The van der Waals surface area contributed by atoms with Gasteiger partial charge in [-0.15, -0.1) is 11.6 Å². The van der Waals surface area contributed by atoms with Gasteiger partial charge in [-0.2, -0.15) is 0 Å². The zero-order valence-electron chi connectivity index (χ0n) is 13.5. The lowest BCUT2D eigenvalue weighted by molar-refractivity contribution is 0.148. The average Bonchev–Trinajstić information content (AvgIpc) is 2.45. The van der Waals surface area contributed by atoms with Crippen LogP contribution >= 0.6 is 11.6 Å². The Morgan fingerprint density at radius 3 is 2.29 bits per heavy atom. The van der Waals surface area contributed by atoms with E-state index in [1.54, 1.807) is 19.2 Å². The number of methoxy groups -OCH3 is 1. The number of ether oxygens (including phenoxy) is 1. The fourth-order valence-corrected chi connectivity index (χ4v) is 3.82. The van der Waals surface area contributed by atoms with Crippen LogP contribution in [0.15, 0.2) is 18.2 Å². The third-order valence-electron chi connectivity index (χ3n) is 4.92. The fraction of sp³-hybridized carbons (Fsp3) is 0.667. The summed E-state index contributed by atoms with van der Waals surface area (Å²) in [6, 6.07) is 4.97. The lowest BCUT2D eigenvalue weighted by Gasteiger charge is -2.38. The number of hydrogen-bond donors (Lipinski definition) is 0. The number of rotatable bonds is 3. The molecule has 1 aliphatic carbocycles. The van der Waals surface area contributed by atoms with Crippen LogP contribution in [0.5, 0.6) is 5.75 Å². The number of alkyl halides is 1. The maximum atomic E-state index is 14.1. The molecule has 1 atom stereocenters. The van der Waals surface area contributed by atoms with Gasteiger partial charge in [-0.3, -0.25) is 0 Å². The summed E-state index contributed by atoms with van der Waals surface area (Å²) in [5.74, 6) is 1.40. The largest absolute Gasteiger partial charge is 0.497 e. The number of benzene rings is 1. The van der Waals surface area contributed by atoms with Crippen LogP contribution in [0.3, 0.4) is 0 Å². The molecule has 1 nitrogen and oxygen atoms in total. The highest BCUT2D eigenvalue weighted by atomic mass is 35.5. The zero-order valence-corrected chi connectivity index (χ0v) is 14.2. The molecular formula is C18H26ClFO. The molecule has 0 radical (unpaired) electrons. The minimum absolute atomic E-state index is 0.239. The number of halogens is 2. The van der Waals surface area contributed by atoms with Crippen molar-refractivity contribution in [1.29, 1.82) is 0 Å². The van der Waals surface area contributed by atoms with Gasteiger partial charge in [0.1, 0.15) is 11.6 Å². The van der Waals surface area contributed by atoms with Gasteiger partial charge in [-0.05, 0) is 49.0 Å². The first-order valence-electron chi connectivity index (χ1n) is 7.80. The van der Waals surface area contributed by atoms with Crippen molar-refractivity contribution in [3.05, 3.63) is 29.6 Å². The molecule has 0 aromatic heterocycles. The topological polar surface area (TPSA) is 9.23 Å². The molecule has 1 fully saturated rings. The average molecular weight is 313 g/mol. The van der Waals surface area contributed by atoms with Crippen LogP contribution in [-0.2, 0) is 0 Å². The lowest BCUT2D eigenvalue weighted by atomic mass is 9.69. The third-order valence-corrected chi connectivity index (χ3v) is 5.51. The molecule has 3 heteroatoms. The minimum atomic E-state index is -0.257. The molecule has 0 N–H and O–H groups in total. The van der Waals surface area contributed by atoms with Crippen LogP contribution in [0.1, 0.15) is 57.4 Å². The smallest absolute Gasteiger partial charge is 0.131 e. The Morgan fingerprint density at radius 2 is 1.81 bits per heavy atom. The summed E-state index contributed by atoms with van der Waals surface area (Å²) in [6.07, 6.45) is 4.55. The SMILES string of the molecule is COc1ccc(C(Cl)C2CCC(C(C)(C)C)CC2)c(F)c1. The normalized spacial score (nSPS) is 24.7. The van der Waals surface area contributed by atoms with Crippen molar-refractivity contribution in [3.8, 4) is 5.75 Å². The second-order valence-corrected chi connectivity index (χ2v) is 7.74. The van der Waals surface area contributed by atoms with Gasteiger partial charge in [0.25, 0.3) is 0 Å². The van der Waals surface area contributed by atoms with E-state index in [0.29, 0.717) is 22.6 Å². The molecule has 2 rings (SSSR count). The van der Waals surface area contributed by atoms with E-state index >= 15 is 0 Å². The highest BCUT2D eigenvalue weighted by molar-refractivity contribution is 6.21. The Balaban J connectivity index is 2.03. The van der Waals surface area contributed by atoms with E-state index in [1.165, 1.54) is 18.9 Å². The summed E-state index contributed by atoms with van der Waals surface area (Å²) >= 11 is 6.57. The van der Waals surface area contributed by atoms with E-state index in [1.807, 2.05) is 0 Å². The van der Waals surface area contributed by atoms with Crippen molar-refractivity contribution >= 4 is 11.6 Å². The van der Waals surface area contributed by atoms with Crippen molar-refractivity contribution in [2.45, 2.75) is 51.8 Å². The van der Waals surface area contributed by atoms with Crippen LogP contribution in [0.2, 0.25) is 0 Å². The van der Waals surface area contributed by atoms with E-state index < -0.39 is 0 Å². The molecule has 1 aromatic carbocycles. The zero-order chi connectivity index (χ0) is 15.6. The lowest BCUT2D eigenvalue weighted by Crippen LogP contribution is -2.27. The highest BCUT2D eigenvalue weighted by Crippen LogP contribution is 2.45. The van der Waals surface area contributed by atoms with E-state index in [0.717, 1.165) is 18.8 Å². The molecule has 0 aliphatic heterocycles. The molecular weight excluding hydrogens is 287 g/mol. The first-order chi connectivity index (χ1) is 9.82. The molecule has 1 unspecified atom stereocenters. The van der Waals surface area contributed by atoms with E-state index in [4.69, 9.17) is 16.3 Å². The molecule has 0 spiro atoms. The maximum Gasteiger partial charge on any atom is 0.131 e. The van der Waals surface area contributed by atoms with E-state index in [2.05, 4.69) is 20.8 Å². The molecule has 1 saturated carbocycles. The molecule has 21 heavy (non-hydrogen) atoms. The standard InChI is InChI=1S/C18H26ClFO/c1-18(2,3)13-7-5-12(6-8-13)17(19)15-10-9-14(21-4)11-16(15)20/h9-13,17H,5-8H2,1-4H3. The van der Waals surface area contributed by atoms with Gasteiger partial charge < -0.3 is 4.74 Å². The summed E-state index contributed by atoms with van der Waals surface area (Å²) < 4.78 is 19.2. The van der Waals surface area contributed by atoms with Gasteiger partial charge >= 0.3 is 0 Å². The Morgan fingerprint density at radius 1 is 1.19 bits per heavy atom. The monoisotopic (exact) mass is 312 g/mol. The minimum Gasteiger partial charge on any atom is -0.497 e. The predicted octanol–water partition coefficient (Wildman–Crippen LogP) is 5.97. The third kappa shape index (κ3) is 3.91. The van der Waals surface area contributed by atoms with E-state index in [9.17, 15) is 4.39 Å². The summed E-state index contributed by atoms with van der Waals surface area (Å²) in [6.45, 7) is 6.91. The molecule has 0 saturated heterocycles. The Bertz CT molecular complexity index is 473. The molecule has 118 valence electrons. The van der Waals surface area contributed by atoms with Crippen molar-refractivity contribution in [1.82, 2.24) is 0 Å². The van der Waals surface area contributed by atoms with Crippen LogP contribution in [0.25, 0.3) is 0 Å². The van der Waals surface area contributed by atoms with Crippen molar-refractivity contribution in [3.63, 3.8) is 0 Å². The van der Waals surface area contributed by atoms with Crippen LogP contribution < -0.4 is 4.74 Å². The second-order valence-electron chi connectivity index (χ2n) is 7.27. The summed E-state index contributed by atoms with van der Waals surface area (Å²) in [5.41, 5.74) is 0.967. The highest BCUT2D eigenvalue weighted by Gasteiger charge is 2.33. The molecule has 0 heterocycles. The van der Waals surface area contributed by atoms with Crippen molar-refractivity contribution in [2.24, 2.45) is 17.3 Å². The molecule has 0 amide bonds. The Labute approximate surface area is 132 Å². The quantitative estimate of drug-likeness (QED) is 0.625. The first-order valence-corrected chi connectivity index (χ1v) is 8.24. The summed E-state index contributed by atoms with van der Waals surface area (Å²) in [4.78, 5) is 0. The Kier molecular flexibility index (Phi) is 5.19. The maximum absolute atomic E-state index is 14.1. The van der Waals surface area contributed by atoms with Gasteiger partial charge in [-0.1, -0.05) is 26.8 Å².